The first-order chi connectivity index (χ1) is 6.51. The molecule has 0 aromatic carbocycles. The third kappa shape index (κ3) is 3.89. The number of aromatic nitrogens is 2. The minimum atomic E-state index is -2.86. The van der Waals surface area contributed by atoms with Gasteiger partial charge in [-0.05, 0) is 12.5 Å². The van der Waals surface area contributed by atoms with E-state index >= 15 is 0 Å². The maximum Gasteiger partial charge on any atom is 0.147 e. The Labute approximate surface area is 83.8 Å². The van der Waals surface area contributed by atoms with Crippen LogP contribution in [-0.4, -0.2) is 30.2 Å². The second-order valence-corrected chi connectivity index (χ2v) is 5.52. The molecule has 5 nitrogen and oxygen atoms in total. The molecule has 0 fully saturated rings. The first-order valence-corrected chi connectivity index (χ1v) is 6.47. The second kappa shape index (κ2) is 4.56. The first-order valence-electron chi connectivity index (χ1n) is 4.41. The quantitative estimate of drug-likeness (QED) is 0.739. The highest BCUT2D eigenvalue weighted by Gasteiger charge is 2.02. The van der Waals surface area contributed by atoms with Crippen molar-refractivity contribution in [3.63, 3.8) is 0 Å². The molecular weight excluding hydrogens is 202 g/mol. The molecular formula is C8H15N3O2S. The predicted octanol–water partition coefficient (Wildman–Crippen LogP) is -0.224. The van der Waals surface area contributed by atoms with E-state index in [-0.39, 0.29) is 5.75 Å². The van der Waals surface area contributed by atoms with Gasteiger partial charge in [-0.2, -0.15) is 5.10 Å². The van der Waals surface area contributed by atoms with Gasteiger partial charge in [0, 0.05) is 25.5 Å². The minimum absolute atomic E-state index is 0.199. The average molecular weight is 217 g/mol. The van der Waals surface area contributed by atoms with Crippen molar-refractivity contribution in [1.82, 2.24) is 9.78 Å². The van der Waals surface area contributed by atoms with Crippen LogP contribution in [0.4, 0.5) is 0 Å². The average Bonchev–Trinajstić information content (AvgIpc) is 2.50. The molecule has 14 heavy (non-hydrogen) atoms. The van der Waals surface area contributed by atoms with Gasteiger partial charge in [0.2, 0.25) is 0 Å². The Morgan fingerprint density at radius 1 is 1.57 bits per heavy atom. The summed E-state index contributed by atoms with van der Waals surface area (Å²) >= 11 is 0. The van der Waals surface area contributed by atoms with Crippen LogP contribution in [0.5, 0.6) is 0 Å². The zero-order chi connectivity index (χ0) is 10.6. The van der Waals surface area contributed by atoms with Crippen LogP contribution >= 0.6 is 0 Å². The molecule has 1 heterocycles. The fraction of sp³-hybridized carbons (Fsp3) is 0.625. The van der Waals surface area contributed by atoms with Crippen LogP contribution in [0.3, 0.4) is 0 Å². The molecule has 0 aliphatic carbocycles. The van der Waals surface area contributed by atoms with Gasteiger partial charge in [-0.3, -0.25) is 4.68 Å². The molecule has 0 aliphatic rings. The smallest absolute Gasteiger partial charge is 0.147 e. The molecule has 2 N–H and O–H groups in total. The van der Waals surface area contributed by atoms with Crippen molar-refractivity contribution in [2.45, 2.75) is 19.5 Å². The highest BCUT2D eigenvalue weighted by atomic mass is 32.2. The summed E-state index contributed by atoms with van der Waals surface area (Å²) in [6.45, 7) is 1.03. The lowest BCUT2D eigenvalue weighted by molar-refractivity contribution is 0.573. The highest BCUT2D eigenvalue weighted by Crippen LogP contribution is 1.97. The van der Waals surface area contributed by atoms with Gasteiger partial charge in [-0.1, -0.05) is 0 Å². The standard InChI is InChI=1S/C8H15N3O2S/c1-14(12,13)6-2-4-11-5-3-8(7-9)10-11/h3,5H,2,4,6-7,9H2,1H3. The summed E-state index contributed by atoms with van der Waals surface area (Å²) in [6.07, 6.45) is 3.64. The van der Waals surface area contributed by atoms with Crippen LogP contribution in [0.25, 0.3) is 0 Å². The van der Waals surface area contributed by atoms with Crippen molar-refractivity contribution in [2.75, 3.05) is 12.0 Å². The Kier molecular flexibility index (Phi) is 3.65. The van der Waals surface area contributed by atoms with Crippen LogP contribution in [0, 0.1) is 0 Å². The van der Waals surface area contributed by atoms with Crippen molar-refractivity contribution in [3.8, 4) is 0 Å². The molecule has 1 rings (SSSR count). The summed E-state index contributed by atoms with van der Waals surface area (Å²) in [5.41, 5.74) is 6.21. The summed E-state index contributed by atoms with van der Waals surface area (Å²) in [7, 11) is -2.86. The number of sulfone groups is 1. The lowest BCUT2D eigenvalue weighted by Crippen LogP contribution is -2.08. The van der Waals surface area contributed by atoms with Crippen molar-refractivity contribution < 1.29 is 8.42 Å². The molecule has 0 bridgehead atoms. The summed E-state index contributed by atoms with van der Waals surface area (Å²) in [4.78, 5) is 0. The second-order valence-electron chi connectivity index (χ2n) is 3.26. The number of rotatable bonds is 5. The van der Waals surface area contributed by atoms with E-state index in [0.717, 1.165) is 5.69 Å². The molecule has 0 saturated carbocycles. The third-order valence-corrected chi connectivity index (χ3v) is 2.84. The fourth-order valence-corrected chi connectivity index (χ4v) is 1.78. The predicted molar refractivity (Wildman–Crippen MR) is 54.4 cm³/mol. The van der Waals surface area contributed by atoms with Crippen LogP contribution in [-0.2, 0) is 22.9 Å². The van der Waals surface area contributed by atoms with Gasteiger partial charge < -0.3 is 5.73 Å². The Hall–Kier alpha value is -0.880. The third-order valence-electron chi connectivity index (χ3n) is 1.81. The molecule has 6 heteroatoms. The number of aryl methyl sites for hydroxylation is 1. The fourth-order valence-electron chi connectivity index (χ4n) is 1.13. The van der Waals surface area contributed by atoms with Crippen LogP contribution in [0.1, 0.15) is 12.1 Å². The van der Waals surface area contributed by atoms with Gasteiger partial charge in [-0.15, -0.1) is 0 Å². The Morgan fingerprint density at radius 3 is 2.79 bits per heavy atom. The van der Waals surface area contributed by atoms with E-state index in [0.29, 0.717) is 19.5 Å². The molecule has 80 valence electrons. The number of hydrogen-bond acceptors (Lipinski definition) is 4. The van der Waals surface area contributed by atoms with E-state index < -0.39 is 9.84 Å². The Balaban J connectivity index is 2.39. The van der Waals surface area contributed by atoms with Crippen LogP contribution in [0.15, 0.2) is 12.3 Å². The van der Waals surface area contributed by atoms with E-state index in [1.807, 2.05) is 12.3 Å². The van der Waals surface area contributed by atoms with Gasteiger partial charge in [0.25, 0.3) is 0 Å². The molecule has 0 saturated heterocycles. The highest BCUT2D eigenvalue weighted by molar-refractivity contribution is 7.90. The van der Waals surface area contributed by atoms with Crippen molar-refractivity contribution in [1.29, 1.82) is 0 Å². The van der Waals surface area contributed by atoms with E-state index in [1.165, 1.54) is 6.26 Å². The van der Waals surface area contributed by atoms with Crippen molar-refractivity contribution in [3.05, 3.63) is 18.0 Å². The number of nitrogens with two attached hydrogens (primary N) is 1. The number of hydrogen-bond donors (Lipinski definition) is 1. The molecule has 0 radical (unpaired) electrons. The largest absolute Gasteiger partial charge is 0.325 e. The molecule has 0 aliphatic heterocycles. The van der Waals surface area contributed by atoms with Crippen molar-refractivity contribution >= 4 is 9.84 Å². The van der Waals surface area contributed by atoms with E-state index in [4.69, 9.17) is 5.73 Å². The topological polar surface area (TPSA) is 78.0 Å². The van der Waals surface area contributed by atoms with Crippen LogP contribution in [0.2, 0.25) is 0 Å². The van der Waals surface area contributed by atoms with Gasteiger partial charge in [0.05, 0.1) is 11.4 Å². The molecule has 1 aromatic rings. The first kappa shape index (κ1) is 11.2. The van der Waals surface area contributed by atoms with Crippen molar-refractivity contribution in [2.24, 2.45) is 5.73 Å². The summed E-state index contributed by atoms with van der Waals surface area (Å²) < 4.78 is 23.4. The van der Waals surface area contributed by atoms with E-state index in [1.54, 1.807) is 4.68 Å². The normalized spacial score (nSPS) is 11.9. The van der Waals surface area contributed by atoms with Gasteiger partial charge in [0.15, 0.2) is 0 Å². The van der Waals surface area contributed by atoms with E-state index in [9.17, 15) is 8.42 Å². The lowest BCUT2D eigenvalue weighted by Gasteiger charge is -1.99. The zero-order valence-electron chi connectivity index (χ0n) is 8.18. The zero-order valence-corrected chi connectivity index (χ0v) is 9.00. The summed E-state index contributed by atoms with van der Waals surface area (Å²) in [5, 5.41) is 4.15. The summed E-state index contributed by atoms with van der Waals surface area (Å²) in [6, 6.07) is 1.83. The monoisotopic (exact) mass is 217 g/mol. The molecule has 1 aromatic heterocycles. The Bertz CT molecular complexity index is 383. The number of nitrogens with zero attached hydrogens (tertiary/aromatic N) is 2. The molecule has 0 amide bonds. The van der Waals surface area contributed by atoms with Gasteiger partial charge >= 0.3 is 0 Å². The SMILES string of the molecule is CS(=O)(=O)CCCn1ccc(CN)n1. The maximum atomic E-state index is 10.8. The van der Waals surface area contributed by atoms with E-state index in [2.05, 4.69) is 5.10 Å². The van der Waals surface area contributed by atoms with Gasteiger partial charge in [0.1, 0.15) is 9.84 Å². The minimum Gasteiger partial charge on any atom is -0.325 e. The molecule has 0 unspecified atom stereocenters. The van der Waals surface area contributed by atoms with Gasteiger partial charge in [-0.25, -0.2) is 8.42 Å². The maximum absolute atomic E-state index is 10.8. The molecule has 0 spiro atoms. The molecule has 0 atom stereocenters. The lowest BCUT2D eigenvalue weighted by atomic mass is 10.4. The Morgan fingerprint density at radius 2 is 2.29 bits per heavy atom. The van der Waals surface area contributed by atoms with Crippen LogP contribution < -0.4 is 5.73 Å². The summed E-state index contributed by atoms with van der Waals surface area (Å²) in [5.74, 6) is 0.199.